The summed E-state index contributed by atoms with van der Waals surface area (Å²) in [5, 5.41) is 13.1. The van der Waals surface area contributed by atoms with E-state index in [0.717, 1.165) is 12.5 Å². The van der Waals surface area contributed by atoms with E-state index in [4.69, 9.17) is 0 Å². The van der Waals surface area contributed by atoms with Gasteiger partial charge < -0.3 is 10.4 Å². The fourth-order valence-corrected chi connectivity index (χ4v) is 3.30. The standard InChI is InChI=1S/C18H29NO/c1-4-18(2,3)15-8-10-16(11-9-15)19-13-14-6-5-7-17(20)12-14/h5-7,12,15-16,19-20H,4,8-11,13H2,1-3H3. The van der Waals surface area contributed by atoms with Crippen molar-refractivity contribution >= 4 is 0 Å². The Bertz CT molecular complexity index is 419. The van der Waals surface area contributed by atoms with E-state index in [1.165, 1.54) is 37.7 Å². The van der Waals surface area contributed by atoms with Crippen molar-refractivity contribution in [3.8, 4) is 5.75 Å². The topological polar surface area (TPSA) is 32.3 Å². The zero-order valence-corrected chi connectivity index (χ0v) is 13.2. The van der Waals surface area contributed by atoms with Crippen LogP contribution in [-0.2, 0) is 6.54 Å². The molecule has 2 N–H and O–H groups in total. The van der Waals surface area contributed by atoms with Crippen LogP contribution in [0.15, 0.2) is 24.3 Å². The molecule has 1 saturated carbocycles. The lowest BCUT2D eigenvalue weighted by atomic mass is 9.69. The molecule has 0 aromatic heterocycles. The Morgan fingerprint density at radius 2 is 1.90 bits per heavy atom. The van der Waals surface area contributed by atoms with Gasteiger partial charge in [0, 0.05) is 12.6 Å². The van der Waals surface area contributed by atoms with Gasteiger partial charge in [0.05, 0.1) is 0 Å². The van der Waals surface area contributed by atoms with Crippen LogP contribution in [-0.4, -0.2) is 11.1 Å². The quantitative estimate of drug-likeness (QED) is 0.830. The summed E-state index contributed by atoms with van der Waals surface area (Å²) in [5.41, 5.74) is 1.66. The second-order valence-electron chi connectivity index (χ2n) is 6.94. The minimum absolute atomic E-state index is 0.359. The van der Waals surface area contributed by atoms with Gasteiger partial charge in [-0.05, 0) is 54.7 Å². The van der Waals surface area contributed by atoms with Gasteiger partial charge in [0.1, 0.15) is 5.75 Å². The fraction of sp³-hybridized carbons (Fsp3) is 0.667. The van der Waals surface area contributed by atoms with E-state index in [-0.39, 0.29) is 0 Å². The molecule has 0 spiro atoms. The minimum atomic E-state index is 0.359. The number of phenolic OH excluding ortho intramolecular Hbond substituents is 1. The van der Waals surface area contributed by atoms with Crippen LogP contribution in [0.1, 0.15) is 58.4 Å². The first-order chi connectivity index (χ1) is 9.51. The summed E-state index contributed by atoms with van der Waals surface area (Å²) in [6, 6.07) is 8.19. The van der Waals surface area contributed by atoms with Crippen LogP contribution >= 0.6 is 0 Å². The normalized spacial score (nSPS) is 23.8. The van der Waals surface area contributed by atoms with Crippen LogP contribution in [0.5, 0.6) is 5.75 Å². The molecule has 1 aliphatic rings. The van der Waals surface area contributed by atoms with Crippen LogP contribution in [0.4, 0.5) is 0 Å². The highest BCUT2D eigenvalue weighted by molar-refractivity contribution is 5.26. The average molecular weight is 275 g/mol. The molecule has 2 nitrogen and oxygen atoms in total. The van der Waals surface area contributed by atoms with Gasteiger partial charge in [0.15, 0.2) is 0 Å². The van der Waals surface area contributed by atoms with Crippen molar-refractivity contribution in [2.75, 3.05) is 0 Å². The first-order valence-corrected chi connectivity index (χ1v) is 8.02. The molecule has 2 rings (SSSR count). The molecule has 20 heavy (non-hydrogen) atoms. The van der Waals surface area contributed by atoms with E-state index in [9.17, 15) is 5.11 Å². The van der Waals surface area contributed by atoms with Crippen molar-refractivity contribution in [3.63, 3.8) is 0 Å². The number of benzene rings is 1. The van der Waals surface area contributed by atoms with Crippen LogP contribution in [0.2, 0.25) is 0 Å². The largest absolute Gasteiger partial charge is 0.508 e. The molecular formula is C18H29NO. The number of nitrogens with one attached hydrogen (secondary N) is 1. The zero-order valence-electron chi connectivity index (χ0n) is 13.2. The Hall–Kier alpha value is -1.02. The maximum Gasteiger partial charge on any atom is 0.115 e. The van der Waals surface area contributed by atoms with Crippen LogP contribution in [0, 0.1) is 11.3 Å². The first kappa shape index (κ1) is 15.4. The van der Waals surface area contributed by atoms with Gasteiger partial charge in [-0.25, -0.2) is 0 Å². The number of hydrogen-bond donors (Lipinski definition) is 2. The van der Waals surface area contributed by atoms with Gasteiger partial charge in [-0.1, -0.05) is 39.3 Å². The van der Waals surface area contributed by atoms with E-state index >= 15 is 0 Å². The van der Waals surface area contributed by atoms with E-state index in [1.807, 2.05) is 12.1 Å². The monoisotopic (exact) mass is 275 g/mol. The molecular weight excluding hydrogens is 246 g/mol. The third-order valence-corrected chi connectivity index (χ3v) is 5.25. The molecule has 0 bridgehead atoms. The number of aromatic hydroxyl groups is 1. The van der Waals surface area contributed by atoms with E-state index < -0.39 is 0 Å². The molecule has 0 radical (unpaired) electrons. The van der Waals surface area contributed by atoms with Crippen molar-refractivity contribution in [1.29, 1.82) is 0 Å². The van der Waals surface area contributed by atoms with E-state index in [0.29, 0.717) is 17.2 Å². The van der Waals surface area contributed by atoms with Gasteiger partial charge >= 0.3 is 0 Å². The molecule has 112 valence electrons. The SMILES string of the molecule is CCC(C)(C)C1CCC(NCc2cccc(O)c2)CC1. The molecule has 1 aromatic carbocycles. The Morgan fingerprint density at radius 3 is 2.50 bits per heavy atom. The lowest BCUT2D eigenvalue weighted by Crippen LogP contribution is -2.36. The predicted octanol–water partition coefficient (Wildman–Crippen LogP) is 4.48. The van der Waals surface area contributed by atoms with Crippen LogP contribution in [0.3, 0.4) is 0 Å². The Morgan fingerprint density at radius 1 is 1.20 bits per heavy atom. The summed E-state index contributed by atoms with van der Waals surface area (Å²) in [4.78, 5) is 0. The highest BCUT2D eigenvalue weighted by atomic mass is 16.3. The Balaban J connectivity index is 1.77. The molecule has 0 atom stereocenters. The van der Waals surface area contributed by atoms with Gasteiger partial charge in [-0.2, -0.15) is 0 Å². The highest BCUT2D eigenvalue weighted by Crippen LogP contribution is 2.40. The van der Waals surface area contributed by atoms with Gasteiger partial charge in [0.2, 0.25) is 0 Å². The van der Waals surface area contributed by atoms with Gasteiger partial charge in [-0.15, -0.1) is 0 Å². The average Bonchev–Trinajstić information content (AvgIpc) is 2.46. The summed E-state index contributed by atoms with van der Waals surface area (Å²) < 4.78 is 0. The molecule has 0 aliphatic heterocycles. The number of rotatable bonds is 5. The smallest absolute Gasteiger partial charge is 0.115 e. The molecule has 0 unspecified atom stereocenters. The summed E-state index contributed by atoms with van der Waals surface area (Å²) in [6.45, 7) is 8.00. The molecule has 1 aliphatic carbocycles. The Kier molecular flexibility index (Phi) is 5.09. The van der Waals surface area contributed by atoms with Gasteiger partial charge in [-0.3, -0.25) is 0 Å². The maximum absolute atomic E-state index is 9.47. The molecule has 2 heteroatoms. The lowest BCUT2D eigenvalue weighted by molar-refractivity contribution is 0.137. The van der Waals surface area contributed by atoms with Crippen molar-refractivity contribution in [1.82, 2.24) is 5.32 Å². The summed E-state index contributed by atoms with van der Waals surface area (Å²) in [5.74, 6) is 1.24. The molecule has 1 aromatic rings. The minimum Gasteiger partial charge on any atom is -0.508 e. The maximum atomic E-state index is 9.47. The lowest BCUT2D eigenvalue weighted by Gasteiger charge is -2.39. The second kappa shape index (κ2) is 6.62. The molecule has 0 saturated heterocycles. The van der Waals surface area contributed by atoms with E-state index in [1.54, 1.807) is 6.07 Å². The summed E-state index contributed by atoms with van der Waals surface area (Å²) >= 11 is 0. The number of hydrogen-bond acceptors (Lipinski definition) is 2. The Labute approximate surface area is 123 Å². The summed E-state index contributed by atoms with van der Waals surface area (Å²) in [6.07, 6.45) is 6.54. The molecule has 1 fully saturated rings. The zero-order chi connectivity index (χ0) is 14.6. The predicted molar refractivity (Wildman–Crippen MR) is 84.8 cm³/mol. The summed E-state index contributed by atoms with van der Waals surface area (Å²) in [7, 11) is 0. The second-order valence-corrected chi connectivity index (χ2v) is 6.94. The van der Waals surface area contributed by atoms with Crippen molar-refractivity contribution in [3.05, 3.63) is 29.8 Å². The fourth-order valence-electron chi connectivity index (χ4n) is 3.30. The van der Waals surface area contributed by atoms with Crippen molar-refractivity contribution in [2.24, 2.45) is 11.3 Å². The molecule has 0 amide bonds. The highest BCUT2D eigenvalue weighted by Gasteiger charge is 2.31. The van der Waals surface area contributed by atoms with Crippen molar-refractivity contribution < 1.29 is 5.11 Å². The first-order valence-electron chi connectivity index (χ1n) is 8.02. The van der Waals surface area contributed by atoms with Gasteiger partial charge in [0.25, 0.3) is 0 Å². The van der Waals surface area contributed by atoms with Crippen molar-refractivity contribution in [2.45, 2.75) is 65.5 Å². The number of phenols is 1. The van der Waals surface area contributed by atoms with E-state index in [2.05, 4.69) is 32.2 Å². The molecule has 0 heterocycles. The van der Waals surface area contributed by atoms with Crippen LogP contribution < -0.4 is 5.32 Å². The van der Waals surface area contributed by atoms with Crippen LogP contribution in [0.25, 0.3) is 0 Å². The third kappa shape index (κ3) is 3.99. The third-order valence-electron chi connectivity index (χ3n) is 5.25.